The molecule has 0 aliphatic heterocycles. The third-order valence-electron chi connectivity index (χ3n) is 3.17. The molecule has 17 heavy (non-hydrogen) atoms. The van der Waals surface area contributed by atoms with E-state index in [-0.39, 0.29) is 11.9 Å². The van der Waals surface area contributed by atoms with Gasteiger partial charge in [0.15, 0.2) is 0 Å². The van der Waals surface area contributed by atoms with Gasteiger partial charge in [0.2, 0.25) is 5.91 Å². The molecule has 1 amide bonds. The van der Waals surface area contributed by atoms with Gasteiger partial charge in [-0.15, -0.1) is 0 Å². The molecule has 0 radical (unpaired) electrons. The molecule has 0 saturated heterocycles. The van der Waals surface area contributed by atoms with Crippen LogP contribution in [0.3, 0.4) is 0 Å². The molecule has 3 N–H and O–H groups in total. The van der Waals surface area contributed by atoms with Crippen LogP contribution >= 0.6 is 0 Å². The first-order valence-electron chi connectivity index (χ1n) is 7.04. The molecule has 2 unspecified atom stereocenters. The van der Waals surface area contributed by atoms with E-state index in [1.54, 1.807) is 0 Å². The number of rotatable bonds is 9. The van der Waals surface area contributed by atoms with Crippen molar-refractivity contribution in [1.29, 1.82) is 0 Å². The number of hydrogen-bond donors (Lipinski definition) is 2. The molecular formula is C14H30N2O. The standard InChI is InChI=1S/C14H30N2O/c1-5-7-8-12(6-2)10-16-14(17)13(15)9-11(3)4/h11-13H,5-10,15H2,1-4H3,(H,16,17). The summed E-state index contributed by atoms with van der Waals surface area (Å²) in [5.74, 6) is 1.08. The van der Waals surface area contributed by atoms with Crippen LogP contribution in [0.1, 0.15) is 59.8 Å². The van der Waals surface area contributed by atoms with Crippen molar-refractivity contribution in [2.45, 2.75) is 65.8 Å². The molecule has 3 nitrogen and oxygen atoms in total. The lowest BCUT2D eigenvalue weighted by atomic mass is 9.99. The lowest BCUT2D eigenvalue weighted by molar-refractivity contribution is -0.122. The van der Waals surface area contributed by atoms with Crippen molar-refractivity contribution in [3.63, 3.8) is 0 Å². The summed E-state index contributed by atoms with van der Waals surface area (Å²) < 4.78 is 0. The van der Waals surface area contributed by atoms with Crippen molar-refractivity contribution >= 4 is 5.91 Å². The number of nitrogens with two attached hydrogens (primary N) is 1. The smallest absolute Gasteiger partial charge is 0.236 e. The fraction of sp³-hybridized carbons (Fsp3) is 0.929. The fourth-order valence-electron chi connectivity index (χ4n) is 1.93. The minimum absolute atomic E-state index is 0.00801. The first kappa shape index (κ1) is 16.4. The van der Waals surface area contributed by atoms with E-state index in [9.17, 15) is 4.79 Å². The Morgan fingerprint density at radius 1 is 1.29 bits per heavy atom. The highest BCUT2D eigenvalue weighted by Gasteiger charge is 2.15. The molecule has 0 aromatic rings. The van der Waals surface area contributed by atoms with Crippen molar-refractivity contribution in [2.75, 3.05) is 6.54 Å². The van der Waals surface area contributed by atoms with E-state index in [2.05, 4.69) is 33.0 Å². The van der Waals surface area contributed by atoms with Gasteiger partial charge in [-0.1, -0.05) is 47.0 Å². The van der Waals surface area contributed by atoms with E-state index in [0.717, 1.165) is 19.4 Å². The monoisotopic (exact) mass is 242 g/mol. The normalized spacial score (nSPS) is 14.7. The Morgan fingerprint density at radius 3 is 2.41 bits per heavy atom. The molecule has 3 heteroatoms. The SMILES string of the molecule is CCCCC(CC)CNC(=O)C(N)CC(C)C. The second-order valence-electron chi connectivity index (χ2n) is 5.40. The Bertz CT molecular complexity index is 204. The molecule has 0 fully saturated rings. The molecular weight excluding hydrogens is 212 g/mol. The van der Waals surface area contributed by atoms with Gasteiger partial charge in [-0.3, -0.25) is 4.79 Å². The highest BCUT2D eigenvalue weighted by molar-refractivity contribution is 5.81. The molecule has 0 aliphatic rings. The minimum atomic E-state index is -0.348. The average molecular weight is 242 g/mol. The topological polar surface area (TPSA) is 55.1 Å². The van der Waals surface area contributed by atoms with Crippen molar-refractivity contribution in [1.82, 2.24) is 5.32 Å². The van der Waals surface area contributed by atoms with Crippen LogP contribution in [-0.2, 0) is 4.79 Å². The van der Waals surface area contributed by atoms with Crippen LogP contribution in [-0.4, -0.2) is 18.5 Å². The molecule has 0 aromatic heterocycles. The van der Waals surface area contributed by atoms with Gasteiger partial charge in [-0.25, -0.2) is 0 Å². The summed E-state index contributed by atoms with van der Waals surface area (Å²) in [5, 5.41) is 2.98. The van der Waals surface area contributed by atoms with E-state index in [1.165, 1.54) is 19.3 Å². The molecule has 102 valence electrons. The summed E-state index contributed by atoms with van der Waals surface area (Å²) >= 11 is 0. The van der Waals surface area contributed by atoms with Crippen LogP contribution in [0.5, 0.6) is 0 Å². The predicted molar refractivity (Wildman–Crippen MR) is 73.7 cm³/mol. The fourth-order valence-corrected chi connectivity index (χ4v) is 1.93. The quantitative estimate of drug-likeness (QED) is 0.653. The van der Waals surface area contributed by atoms with Crippen molar-refractivity contribution in [2.24, 2.45) is 17.6 Å². The number of hydrogen-bond acceptors (Lipinski definition) is 2. The zero-order valence-corrected chi connectivity index (χ0v) is 12.0. The Kier molecular flexibility index (Phi) is 9.14. The average Bonchev–Trinajstić information content (AvgIpc) is 2.28. The van der Waals surface area contributed by atoms with Gasteiger partial charge in [-0.2, -0.15) is 0 Å². The first-order chi connectivity index (χ1) is 8.01. The van der Waals surface area contributed by atoms with Crippen molar-refractivity contribution in [3.8, 4) is 0 Å². The van der Waals surface area contributed by atoms with Crippen LogP contribution in [0.2, 0.25) is 0 Å². The van der Waals surface area contributed by atoms with E-state index in [4.69, 9.17) is 5.73 Å². The third kappa shape index (κ3) is 8.19. The maximum Gasteiger partial charge on any atom is 0.236 e. The third-order valence-corrected chi connectivity index (χ3v) is 3.17. The molecule has 0 rings (SSSR count). The van der Waals surface area contributed by atoms with Crippen molar-refractivity contribution in [3.05, 3.63) is 0 Å². The molecule has 0 bridgehead atoms. The molecule has 0 spiro atoms. The van der Waals surface area contributed by atoms with Crippen LogP contribution < -0.4 is 11.1 Å². The van der Waals surface area contributed by atoms with Crippen molar-refractivity contribution < 1.29 is 4.79 Å². The van der Waals surface area contributed by atoms with Gasteiger partial charge in [0.1, 0.15) is 0 Å². The number of amides is 1. The molecule has 0 aromatic carbocycles. The van der Waals surface area contributed by atoms with Gasteiger partial charge < -0.3 is 11.1 Å². The van der Waals surface area contributed by atoms with E-state index >= 15 is 0 Å². The predicted octanol–water partition coefficient (Wildman–Crippen LogP) is 2.69. The second kappa shape index (κ2) is 9.46. The van der Waals surface area contributed by atoms with Crippen LogP contribution in [0.25, 0.3) is 0 Å². The van der Waals surface area contributed by atoms with E-state index < -0.39 is 0 Å². The second-order valence-corrected chi connectivity index (χ2v) is 5.40. The molecule has 0 heterocycles. The Balaban J connectivity index is 3.86. The highest BCUT2D eigenvalue weighted by Crippen LogP contribution is 2.11. The number of carbonyl (C=O) groups excluding carboxylic acids is 1. The van der Waals surface area contributed by atoms with Gasteiger partial charge in [-0.05, 0) is 24.7 Å². The van der Waals surface area contributed by atoms with Crippen LogP contribution in [0.15, 0.2) is 0 Å². The van der Waals surface area contributed by atoms with E-state index in [1.807, 2.05) is 0 Å². The van der Waals surface area contributed by atoms with Crippen LogP contribution in [0, 0.1) is 11.8 Å². The Labute approximate surface area is 107 Å². The summed E-state index contributed by atoms with van der Waals surface area (Å²) in [6, 6.07) is -0.348. The van der Waals surface area contributed by atoms with Gasteiger partial charge in [0, 0.05) is 6.54 Å². The zero-order chi connectivity index (χ0) is 13.3. The maximum atomic E-state index is 11.7. The Morgan fingerprint density at radius 2 is 1.94 bits per heavy atom. The summed E-state index contributed by atoms with van der Waals surface area (Å²) in [7, 11) is 0. The molecule has 0 saturated carbocycles. The zero-order valence-electron chi connectivity index (χ0n) is 12.0. The lowest BCUT2D eigenvalue weighted by Crippen LogP contribution is -2.43. The minimum Gasteiger partial charge on any atom is -0.354 e. The van der Waals surface area contributed by atoms with E-state index in [0.29, 0.717) is 11.8 Å². The summed E-state index contributed by atoms with van der Waals surface area (Å²) in [6.45, 7) is 9.33. The Hall–Kier alpha value is -0.570. The largest absolute Gasteiger partial charge is 0.354 e. The van der Waals surface area contributed by atoms with Gasteiger partial charge in [0.25, 0.3) is 0 Å². The molecule has 2 atom stereocenters. The highest BCUT2D eigenvalue weighted by atomic mass is 16.2. The molecule has 0 aliphatic carbocycles. The lowest BCUT2D eigenvalue weighted by Gasteiger charge is -2.18. The van der Waals surface area contributed by atoms with Crippen LogP contribution in [0.4, 0.5) is 0 Å². The van der Waals surface area contributed by atoms with Gasteiger partial charge in [0.05, 0.1) is 6.04 Å². The summed E-state index contributed by atoms with van der Waals surface area (Å²) in [4.78, 5) is 11.7. The number of carbonyl (C=O) groups is 1. The van der Waals surface area contributed by atoms with Gasteiger partial charge >= 0.3 is 0 Å². The first-order valence-corrected chi connectivity index (χ1v) is 7.04. The number of nitrogens with one attached hydrogen (secondary N) is 1. The summed E-state index contributed by atoms with van der Waals surface area (Å²) in [6.07, 6.45) is 5.55. The summed E-state index contributed by atoms with van der Waals surface area (Å²) in [5.41, 5.74) is 5.83. The number of unbranched alkanes of at least 4 members (excludes halogenated alkanes) is 1. The maximum absolute atomic E-state index is 11.7.